The highest BCUT2D eigenvalue weighted by atomic mass is 32.2. The van der Waals surface area contributed by atoms with Gasteiger partial charge in [0.15, 0.2) is 0 Å². The van der Waals surface area contributed by atoms with Crippen LogP contribution in [0, 0.1) is 5.92 Å². The molecule has 1 aliphatic carbocycles. The van der Waals surface area contributed by atoms with Crippen molar-refractivity contribution in [1.82, 2.24) is 19.3 Å². The third-order valence-electron chi connectivity index (χ3n) is 5.64. The molecule has 0 bridgehead atoms. The average Bonchev–Trinajstić information content (AvgIpc) is 3.62. The molecule has 0 aliphatic heterocycles. The number of methoxy groups -OCH3 is 1. The molecule has 3 aromatic rings. The summed E-state index contributed by atoms with van der Waals surface area (Å²) in [5, 5.41) is 0.373. The fourth-order valence-corrected chi connectivity index (χ4v) is 4.93. The molecule has 2 aromatic heterocycles. The third-order valence-corrected chi connectivity index (χ3v) is 7.06. The van der Waals surface area contributed by atoms with E-state index in [1.165, 1.54) is 23.9 Å². The molecule has 174 valence electrons. The molecule has 0 spiro atoms. The molecule has 1 aromatic carbocycles. The molecule has 0 amide bonds. The number of nitrogens with two attached hydrogens (primary N) is 1. The number of rotatable bonds is 8. The maximum Gasteiger partial charge on any atom is 0.267 e. The number of nitrogens with zero attached hydrogens (tertiary/aromatic N) is 3. The van der Waals surface area contributed by atoms with Crippen molar-refractivity contribution in [3.8, 4) is 17.0 Å². The molecule has 0 saturated heterocycles. The Morgan fingerprint density at radius 2 is 2.06 bits per heavy atom. The summed E-state index contributed by atoms with van der Waals surface area (Å²) >= 11 is 0. The van der Waals surface area contributed by atoms with Gasteiger partial charge < -0.3 is 10.5 Å². The summed E-state index contributed by atoms with van der Waals surface area (Å²) in [6.07, 6.45) is 6.22. The first-order valence-electron chi connectivity index (χ1n) is 10.8. The van der Waals surface area contributed by atoms with Crippen LogP contribution in [0.1, 0.15) is 33.1 Å². The maximum atomic E-state index is 13.2. The Morgan fingerprint density at radius 1 is 1.30 bits per heavy atom. The molecule has 1 saturated carbocycles. The van der Waals surface area contributed by atoms with Crippen LogP contribution in [0.4, 0.5) is 5.95 Å². The molecule has 0 radical (unpaired) electrons. The van der Waals surface area contributed by atoms with E-state index in [9.17, 15) is 13.2 Å². The Morgan fingerprint density at radius 3 is 2.73 bits per heavy atom. The van der Waals surface area contributed by atoms with Gasteiger partial charge in [-0.05, 0) is 55.9 Å². The van der Waals surface area contributed by atoms with Crippen LogP contribution in [-0.2, 0) is 10.0 Å². The van der Waals surface area contributed by atoms with Crippen LogP contribution in [0.15, 0.2) is 46.2 Å². The van der Waals surface area contributed by atoms with Crippen molar-refractivity contribution in [2.24, 2.45) is 5.92 Å². The van der Waals surface area contributed by atoms with Crippen molar-refractivity contribution in [2.45, 2.75) is 38.0 Å². The van der Waals surface area contributed by atoms with Crippen LogP contribution in [0.5, 0.6) is 5.88 Å². The SMILES string of the molecule is CC/C=C(\C)n1c(N)nc2ccc(-c3cnc(OC)c(S(=O)(=O)NCC4CC4)c3)cc2c1=O. The van der Waals surface area contributed by atoms with Crippen LogP contribution in [-0.4, -0.2) is 36.6 Å². The largest absolute Gasteiger partial charge is 0.480 e. The van der Waals surface area contributed by atoms with E-state index in [1.54, 1.807) is 25.1 Å². The lowest BCUT2D eigenvalue weighted by Crippen LogP contribution is -2.26. The van der Waals surface area contributed by atoms with Gasteiger partial charge in [0, 0.05) is 24.0 Å². The monoisotopic (exact) mass is 469 g/mol. The number of hydrogen-bond donors (Lipinski definition) is 2. The van der Waals surface area contributed by atoms with Gasteiger partial charge in [-0.2, -0.15) is 0 Å². The van der Waals surface area contributed by atoms with Gasteiger partial charge in [-0.1, -0.05) is 19.1 Å². The molecule has 2 heterocycles. The standard InChI is InChI=1S/C23H27N5O4S/c1-4-5-14(2)28-22(29)18-10-16(8-9-19(18)27-23(28)24)17-11-20(21(32-3)25-13-17)33(30,31)26-12-15-6-7-15/h5,8-11,13,15,26H,4,6-7,12H2,1-3H3,(H2,24,27)/b14-5+. The first-order chi connectivity index (χ1) is 15.7. The van der Waals surface area contributed by atoms with Crippen molar-refractivity contribution < 1.29 is 13.2 Å². The van der Waals surface area contributed by atoms with Gasteiger partial charge in [0.1, 0.15) is 4.90 Å². The van der Waals surface area contributed by atoms with Crippen LogP contribution in [0.25, 0.3) is 27.7 Å². The van der Waals surface area contributed by atoms with Crippen molar-refractivity contribution in [3.05, 3.63) is 46.9 Å². The number of pyridine rings is 1. The van der Waals surface area contributed by atoms with Crippen LogP contribution in [0.2, 0.25) is 0 Å². The third kappa shape index (κ3) is 4.62. The van der Waals surface area contributed by atoms with Crippen LogP contribution >= 0.6 is 0 Å². The van der Waals surface area contributed by atoms with Crippen LogP contribution < -0.4 is 20.8 Å². The highest BCUT2D eigenvalue weighted by Gasteiger charge is 2.27. The van der Waals surface area contributed by atoms with Crippen LogP contribution in [0.3, 0.4) is 0 Å². The molecule has 3 N–H and O–H groups in total. The molecular formula is C23H27N5O4S. The van der Waals surface area contributed by atoms with Gasteiger partial charge >= 0.3 is 0 Å². The summed E-state index contributed by atoms with van der Waals surface area (Å²) in [5.74, 6) is 0.512. The second-order valence-electron chi connectivity index (χ2n) is 8.12. The summed E-state index contributed by atoms with van der Waals surface area (Å²) in [7, 11) is -2.43. The number of allylic oxidation sites excluding steroid dienone is 2. The second-order valence-corrected chi connectivity index (χ2v) is 9.86. The van der Waals surface area contributed by atoms with Gasteiger partial charge in [-0.15, -0.1) is 0 Å². The minimum atomic E-state index is -3.81. The summed E-state index contributed by atoms with van der Waals surface area (Å²) in [6.45, 7) is 4.17. The molecule has 10 heteroatoms. The summed E-state index contributed by atoms with van der Waals surface area (Å²) < 4.78 is 35.0. The van der Waals surface area contributed by atoms with E-state index >= 15 is 0 Å². The highest BCUT2D eigenvalue weighted by molar-refractivity contribution is 7.89. The number of fused-ring (bicyclic) bond motifs is 1. The number of aromatic nitrogens is 3. The highest BCUT2D eigenvalue weighted by Crippen LogP contribution is 2.31. The maximum absolute atomic E-state index is 13.2. The first kappa shape index (κ1) is 22.9. The van der Waals surface area contributed by atoms with Crippen molar-refractivity contribution in [3.63, 3.8) is 0 Å². The van der Waals surface area contributed by atoms with E-state index < -0.39 is 10.0 Å². The molecule has 33 heavy (non-hydrogen) atoms. The molecule has 0 unspecified atom stereocenters. The van der Waals surface area contributed by atoms with E-state index in [4.69, 9.17) is 10.5 Å². The molecular weight excluding hydrogens is 442 g/mol. The zero-order chi connectivity index (χ0) is 23.8. The number of benzene rings is 1. The van der Waals surface area contributed by atoms with Gasteiger partial charge in [0.2, 0.25) is 21.9 Å². The summed E-state index contributed by atoms with van der Waals surface area (Å²) in [4.78, 5) is 21.7. The van der Waals surface area contributed by atoms with Gasteiger partial charge in [0.25, 0.3) is 5.56 Å². The Bertz CT molecular complexity index is 1410. The zero-order valence-electron chi connectivity index (χ0n) is 18.8. The fourth-order valence-electron chi connectivity index (χ4n) is 3.67. The Labute approximate surface area is 192 Å². The fraction of sp³-hybridized carbons (Fsp3) is 0.348. The van der Waals surface area contributed by atoms with Crippen molar-refractivity contribution in [2.75, 3.05) is 19.4 Å². The first-order valence-corrected chi connectivity index (χ1v) is 12.3. The second kappa shape index (κ2) is 8.95. The van der Waals surface area contributed by atoms with Gasteiger partial charge in [0.05, 0.1) is 18.0 Å². The summed E-state index contributed by atoms with van der Waals surface area (Å²) in [6, 6.07) is 6.63. The Balaban J connectivity index is 1.81. The molecule has 0 atom stereocenters. The molecule has 1 aliphatic rings. The van der Waals surface area contributed by atoms with E-state index in [0.29, 0.717) is 40.2 Å². The van der Waals surface area contributed by atoms with Gasteiger partial charge in [-0.25, -0.2) is 23.1 Å². The lowest BCUT2D eigenvalue weighted by Gasteiger charge is -2.13. The molecule has 1 fully saturated rings. The zero-order valence-corrected chi connectivity index (χ0v) is 19.6. The number of ether oxygens (including phenoxy) is 1. The van der Waals surface area contributed by atoms with Crippen molar-refractivity contribution >= 4 is 32.6 Å². The Kier molecular flexibility index (Phi) is 6.22. The number of anilines is 1. The quantitative estimate of drug-likeness (QED) is 0.519. The predicted molar refractivity (Wildman–Crippen MR) is 128 cm³/mol. The topological polar surface area (TPSA) is 129 Å². The van der Waals surface area contributed by atoms with E-state index in [1.807, 2.05) is 13.0 Å². The number of nitrogens with one attached hydrogen (secondary N) is 1. The number of sulfonamides is 1. The lowest BCUT2D eigenvalue weighted by atomic mass is 10.1. The van der Waals surface area contributed by atoms with Gasteiger partial charge in [-0.3, -0.25) is 9.36 Å². The molecule has 9 nitrogen and oxygen atoms in total. The van der Waals surface area contributed by atoms with Crippen molar-refractivity contribution in [1.29, 1.82) is 0 Å². The number of hydrogen-bond acceptors (Lipinski definition) is 7. The number of nitrogen functional groups attached to an aromatic ring is 1. The smallest absolute Gasteiger partial charge is 0.267 e. The predicted octanol–water partition coefficient (Wildman–Crippen LogP) is 3.01. The van der Waals surface area contributed by atoms with E-state index in [0.717, 1.165) is 19.3 Å². The Hall–Kier alpha value is -3.24. The van der Waals surface area contributed by atoms with E-state index in [2.05, 4.69) is 14.7 Å². The average molecular weight is 470 g/mol. The summed E-state index contributed by atoms with van der Waals surface area (Å²) in [5.41, 5.74) is 8.06. The normalized spacial score (nSPS) is 14.6. The minimum absolute atomic E-state index is 0.0139. The lowest BCUT2D eigenvalue weighted by molar-refractivity contribution is 0.385. The minimum Gasteiger partial charge on any atom is -0.480 e. The van der Waals surface area contributed by atoms with E-state index in [-0.39, 0.29) is 22.3 Å². The molecule has 4 rings (SSSR count).